The minimum Gasteiger partial charge on any atom is -0.284 e. The van der Waals surface area contributed by atoms with Crippen molar-refractivity contribution < 1.29 is 14.4 Å². The number of imide groups is 2. The minimum atomic E-state index is -0.804. The minimum absolute atomic E-state index is 0.00487. The number of carbonyl (C=O) groups excluding carboxylic acids is 3. The van der Waals surface area contributed by atoms with Crippen LogP contribution in [0.3, 0.4) is 0 Å². The third-order valence-electron chi connectivity index (χ3n) is 5.71. The lowest BCUT2D eigenvalue weighted by atomic mass is 10.1. The molecule has 0 unspecified atom stereocenters. The summed E-state index contributed by atoms with van der Waals surface area (Å²) in [6, 6.07) is 22.8. The fourth-order valence-corrected chi connectivity index (χ4v) is 4.73. The van der Waals surface area contributed by atoms with E-state index in [1.807, 2.05) is 101 Å². The fourth-order valence-electron chi connectivity index (χ4n) is 4.03. The van der Waals surface area contributed by atoms with Crippen LogP contribution in [-0.4, -0.2) is 56.0 Å². The maximum Gasteiger partial charge on any atom is 0.335 e. The number of carbonyl (C=O) groups is 3. The van der Waals surface area contributed by atoms with E-state index in [2.05, 4.69) is 0 Å². The molecule has 1 saturated heterocycles. The van der Waals surface area contributed by atoms with Crippen LogP contribution in [0.1, 0.15) is 10.4 Å². The van der Waals surface area contributed by atoms with E-state index in [-0.39, 0.29) is 13.2 Å². The van der Waals surface area contributed by atoms with Crippen LogP contribution in [0.2, 0.25) is 0 Å². The monoisotopic (exact) mass is 485 g/mol. The highest BCUT2D eigenvalue weighted by molar-refractivity contribution is 7.09. The van der Waals surface area contributed by atoms with Crippen molar-refractivity contribution in [1.82, 2.24) is 24.5 Å². The Morgan fingerprint density at radius 1 is 0.857 bits per heavy atom. The Balaban J connectivity index is 1.36. The SMILES string of the molecule is CN(Cc1cn(-c2ccccc2)nc1-c1ccccc1)CN1C(=O)C(=O)N(Cc2cccs2)C1=O. The summed E-state index contributed by atoms with van der Waals surface area (Å²) in [5, 5.41) is 6.68. The van der Waals surface area contributed by atoms with Crippen molar-refractivity contribution in [2.75, 3.05) is 13.7 Å². The summed E-state index contributed by atoms with van der Waals surface area (Å²) in [6.45, 7) is 0.519. The number of amides is 4. The molecule has 0 atom stereocenters. The standard InChI is InChI=1S/C26H23N5O3S/c1-28(18-30-25(33)24(32)29(26(30)34)17-22-13-8-14-35-22)15-20-16-31(21-11-6-3-7-12-21)27-23(20)19-9-4-2-5-10-19/h2-14,16H,15,17-18H2,1H3. The molecule has 9 heteroatoms. The molecular weight excluding hydrogens is 462 g/mol. The van der Waals surface area contributed by atoms with Crippen molar-refractivity contribution in [1.29, 1.82) is 0 Å². The zero-order valence-corrected chi connectivity index (χ0v) is 19.9. The average molecular weight is 486 g/mol. The molecule has 1 aliphatic rings. The van der Waals surface area contributed by atoms with Crippen molar-refractivity contribution >= 4 is 29.2 Å². The van der Waals surface area contributed by atoms with Gasteiger partial charge < -0.3 is 0 Å². The quantitative estimate of drug-likeness (QED) is 0.279. The van der Waals surface area contributed by atoms with Crippen LogP contribution in [0.25, 0.3) is 16.9 Å². The Kier molecular flexibility index (Phi) is 6.26. The molecule has 5 rings (SSSR count). The van der Waals surface area contributed by atoms with E-state index >= 15 is 0 Å². The Hall–Kier alpha value is -4.08. The molecule has 35 heavy (non-hydrogen) atoms. The van der Waals surface area contributed by atoms with Gasteiger partial charge in [-0.15, -0.1) is 11.3 Å². The van der Waals surface area contributed by atoms with Gasteiger partial charge >= 0.3 is 17.8 Å². The summed E-state index contributed by atoms with van der Waals surface area (Å²) in [4.78, 5) is 42.6. The molecular formula is C26H23N5O3S. The van der Waals surface area contributed by atoms with Gasteiger partial charge in [-0.25, -0.2) is 14.4 Å². The second kappa shape index (κ2) is 9.65. The van der Waals surface area contributed by atoms with E-state index in [0.29, 0.717) is 6.54 Å². The van der Waals surface area contributed by atoms with E-state index in [1.54, 1.807) is 0 Å². The topological polar surface area (TPSA) is 78.8 Å². The average Bonchev–Trinajstić information content (AvgIpc) is 3.59. The van der Waals surface area contributed by atoms with E-state index in [9.17, 15) is 14.4 Å². The lowest BCUT2D eigenvalue weighted by Gasteiger charge is -2.22. The summed E-state index contributed by atoms with van der Waals surface area (Å²) >= 11 is 1.44. The van der Waals surface area contributed by atoms with Crippen LogP contribution >= 0.6 is 11.3 Å². The molecule has 0 aliphatic carbocycles. The lowest BCUT2D eigenvalue weighted by molar-refractivity contribution is -0.144. The number of aromatic nitrogens is 2. The van der Waals surface area contributed by atoms with Gasteiger partial charge in [-0.1, -0.05) is 54.6 Å². The normalized spacial score (nSPS) is 13.9. The number of hydrogen-bond donors (Lipinski definition) is 0. The van der Waals surface area contributed by atoms with Crippen LogP contribution < -0.4 is 0 Å². The van der Waals surface area contributed by atoms with E-state index in [0.717, 1.165) is 37.2 Å². The van der Waals surface area contributed by atoms with Gasteiger partial charge in [0.25, 0.3) is 0 Å². The number of rotatable bonds is 8. The van der Waals surface area contributed by atoms with Crippen molar-refractivity contribution in [3.8, 4) is 16.9 Å². The summed E-state index contributed by atoms with van der Waals surface area (Å²) in [7, 11) is 1.81. The number of thiophene rings is 1. The molecule has 2 aromatic carbocycles. The smallest absolute Gasteiger partial charge is 0.284 e. The zero-order valence-electron chi connectivity index (χ0n) is 19.1. The highest BCUT2D eigenvalue weighted by Gasteiger charge is 2.44. The molecule has 3 heterocycles. The molecule has 0 bridgehead atoms. The Labute approximate surface area is 206 Å². The first kappa shape index (κ1) is 22.7. The number of nitrogens with zero attached hydrogens (tertiary/aromatic N) is 5. The fraction of sp³-hybridized carbons (Fsp3) is 0.154. The maximum absolute atomic E-state index is 12.9. The molecule has 0 spiro atoms. The largest absolute Gasteiger partial charge is 0.335 e. The molecule has 176 valence electrons. The van der Waals surface area contributed by atoms with Crippen LogP contribution in [0.4, 0.5) is 4.79 Å². The van der Waals surface area contributed by atoms with Gasteiger partial charge in [0.05, 0.1) is 24.6 Å². The second-order valence-electron chi connectivity index (χ2n) is 8.29. The van der Waals surface area contributed by atoms with Crippen molar-refractivity contribution in [2.24, 2.45) is 0 Å². The predicted octanol–water partition coefficient (Wildman–Crippen LogP) is 3.98. The first-order chi connectivity index (χ1) is 17.0. The highest BCUT2D eigenvalue weighted by atomic mass is 32.1. The van der Waals surface area contributed by atoms with E-state index < -0.39 is 17.8 Å². The number of urea groups is 1. The number of benzene rings is 2. The molecule has 0 saturated carbocycles. The van der Waals surface area contributed by atoms with E-state index in [1.165, 1.54) is 11.3 Å². The van der Waals surface area contributed by atoms with Gasteiger partial charge in [-0.3, -0.25) is 19.4 Å². The lowest BCUT2D eigenvalue weighted by Crippen LogP contribution is -2.40. The maximum atomic E-state index is 12.9. The summed E-state index contributed by atoms with van der Waals surface area (Å²) < 4.78 is 1.82. The summed E-state index contributed by atoms with van der Waals surface area (Å²) in [5.41, 5.74) is 3.65. The van der Waals surface area contributed by atoms with Crippen molar-refractivity contribution in [2.45, 2.75) is 13.1 Å². The predicted molar refractivity (Wildman–Crippen MR) is 132 cm³/mol. The molecule has 1 fully saturated rings. The van der Waals surface area contributed by atoms with Gasteiger partial charge in [0.1, 0.15) is 0 Å². The van der Waals surface area contributed by atoms with Gasteiger partial charge in [0, 0.05) is 28.7 Å². The third-order valence-corrected chi connectivity index (χ3v) is 6.57. The molecule has 4 amide bonds. The van der Waals surface area contributed by atoms with Gasteiger partial charge in [0.15, 0.2) is 0 Å². The Bertz CT molecular complexity index is 1350. The van der Waals surface area contributed by atoms with Gasteiger partial charge in [0.2, 0.25) is 0 Å². The van der Waals surface area contributed by atoms with Crippen molar-refractivity contribution in [3.05, 3.63) is 94.8 Å². The van der Waals surface area contributed by atoms with Gasteiger partial charge in [-0.2, -0.15) is 5.10 Å². The molecule has 4 aromatic rings. The van der Waals surface area contributed by atoms with Crippen LogP contribution in [0, 0.1) is 0 Å². The highest BCUT2D eigenvalue weighted by Crippen LogP contribution is 2.25. The Morgan fingerprint density at radius 3 is 2.23 bits per heavy atom. The number of para-hydroxylation sites is 1. The second-order valence-corrected chi connectivity index (χ2v) is 9.32. The van der Waals surface area contributed by atoms with Crippen LogP contribution in [-0.2, 0) is 22.7 Å². The first-order valence-corrected chi connectivity index (χ1v) is 12.0. The first-order valence-electron chi connectivity index (χ1n) is 11.1. The molecule has 8 nitrogen and oxygen atoms in total. The molecule has 2 aromatic heterocycles. The van der Waals surface area contributed by atoms with Gasteiger partial charge in [-0.05, 0) is 30.6 Å². The summed E-state index contributed by atoms with van der Waals surface area (Å²) in [5.74, 6) is -1.60. The zero-order chi connectivity index (χ0) is 24.4. The van der Waals surface area contributed by atoms with Crippen LogP contribution in [0.15, 0.2) is 84.4 Å². The van der Waals surface area contributed by atoms with E-state index in [4.69, 9.17) is 5.10 Å². The van der Waals surface area contributed by atoms with Crippen molar-refractivity contribution in [3.63, 3.8) is 0 Å². The molecule has 0 N–H and O–H groups in total. The molecule has 1 aliphatic heterocycles. The van der Waals surface area contributed by atoms with Crippen LogP contribution in [0.5, 0.6) is 0 Å². The Morgan fingerprint density at radius 2 is 1.54 bits per heavy atom. The third kappa shape index (κ3) is 4.64. The molecule has 0 radical (unpaired) electrons. The summed E-state index contributed by atoms with van der Waals surface area (Å²) in [6.07, 6.45) is 1.95. The number of hydrogen-bond acceptors (Lipinski definition) is 6.